The largest absolute Gasteiger partial charge is 0.456 e. The van der Waals surface area contributed by atoms with Crippen molar-refractivity contribution < 1.29 is 26.5 Å². The molecule has 0 atom stereocenters. The van der Waals surface area contributed by atoms with E-state index in [9.17, 15) is 0 Å². The highest BCUT2D eigenvalue weighted by atomic mass is 16.4. The zero-order valence-electron chi connectivity index (χ0n) is 66.1. The molecule has 27 aromatic rings. The van der Waals surface area contributed by atoms with Gasteiger partial charge in [-0.3, -0.25) is 0 Å². The summed E-state index contributed by atoms with van der Waals surface area (Å²) in [6, 6.07) is 146. The molecule has 9 aromatic heterocycles. The van der Waals surface area contributed by atoms with Crippen molar-refractivity contribution in [2.45, 2.75) is 0 Å². The first kappa shape index (κ1) is 69.5. The number of para-hydroxylation sites is 11. The Hall–Kier alpha value is -16.6. The van der Waals surface area contributed by atoms with Gasteiger partial charge in [0.25, 0.3) is 0 Å². The lowest BCUT2D eigenvalue weighted by atomic mass is 9.95. The number of hydrogen-bond donors (Lipinski definition) is 0. The summed E-state index contributed by atoms with van der Waals surface area (Å²) in [5.41, 5.74) is 34.5. The summed E-state index contributed by atoms with van der Waals surface area (Å²) in [7, 11) is 0. The summed E-state index contributed by atoms with van der Waals surface area (Å²) in [4.78, 5) is 0. The first-order valence-corrected chi connectivity index (χ1v) is 41.6. The molecule has 0 aliphatic carbocycles. The van der Waals surface area contributed by atoms with E-state index in [0.29, 0.717) is 0 Å². The highest BCUT2D eigenvalue weighted by molar-refractivity contribution is 6.21. The van der Waals surface area contributed by atoms with Crippen molar-refractivity contribution in [1.82, 2.24) is 13.7 Å². The van der Waals surface area contributed by atoms with Crippen molar-refractivity contribution in [2.24, 2.45) is 0 Å². The second-order valence-corrected chi connectivity index (χ2v) is 31.6. The summed E-state index contributed by atoms with van der Waals surface area (Å²) >= 11 is 0. The summed E-state index contributed by atoms with van der Waals surface area (Å²) < 4.78 is 45.6. The highest BCUT2D eigenvalue weighted by Gasteiger charge is 2.26. The molecule has 123 heavy (non-hydrogen) atoms. The van der Waals surface area contributed by atoms with Gasteiger partial charge in [0.05, 0.1) is 16.6 Å². The molecule has 0 radical (unpaired) electrons. The Morgan fingerprint density at radius 2 is 0.439 bits per heavy atom. The van der Waals surface area contributed by atoms with Crippen LogP contribution in [0.15, 0.2) is 445 Å². The van der Waals surface area contributed by atoms with E-state index < -0.39 is 0 Å². The summed E-state index contributed by atoms with van der Waals surface area (Å²) in [6.45, 7) is 0. The van der Waals surface area contributed by atoms with E-state index in [0.717, 1.165) is 249 Å². The van der Waals surface area contributed by atoms with Gasteiger partial charge in [0, 0.05) is 92.8 Å². The average molecular weight is 1580 g/mol. The molecule has 0 N–H and O–H groups in total. The maximum absolute atomic E-state index is 6.78. The molecule has 0 aliphatic rings. The number of nitrogens with zero attached hydrogens (tertiary/aromatic N) is 3. The van der Waals surface area contributed by atoms with Gasteiger partial charge in [0.15, 0.2) is 16.7 Å². The Kier molecular flexibility index (Phi) is 15.8. The summed E-state index contributed by atoms with van der Waals surface area (Å²) in [5.74, 6) is 0. The molecule has 0 fully saturated rings. The Morgan fingerprint density at radius 1 is 0.146 bits per heavy atom. The number of benzene rings is 18. The average Bonchev–Trinajstić information content (AvgIpc) is 1.57. The molecule has 0 bridgehead atoms. The van der Waals surface area contributed by atoms with E-state index in [1.54, 1.807) is 0 Å². The lowest BCUT2D eigenvalue weighted by Gasteiger charge is -2.09. The normalized spacial score (nSPS) is 11.9. The molecule has 0 spiro atoms. The van der Waals surface area contributed by atoms with Crippen LogP contribution in [0.4, 0.5) is 0 Å². The highest BCUT2D eigenvalue weighted by Crippen LogP contribution is 2.48. The third-order valence-corrected chi connectivity index (χ3v) is 24.6. The first-order chi connectivity index (χ1) is 61.0. The van der Waals surface area contributed by atoms with Crippen molar-refractivity contribution >= 4 is 165 Å². The molecule has 0 unspecified atom stereocenters. The third kappa shape index (κ3) is 11.3. The molecular weight excluding hydrogens is 1510 g/mol. The number of aromatic nitrogens is 3. The number of fused-ring (bicyclic) bond motifs is 24. The van der Waals surface area contributed by atoms with Crippen LogP contribution in [0.2, 0.25) is 0 Å². The van der Waals surface area contributed by atoms with Crippen LogP contribution in [0.3, 0.4) is 0 Å². The van der Waals surface area contributed by atoms with Crippen molar-refractivity contribution in [1.29, 1.82) is 0 Å². The molecule has 9 heterocycles. The molecule has 9 nitrogen and oxygen atoms in total. The fraction of sp³-hybridized carbons (Fsp3) is 0. The van der Waals surface area contributed by atoms with Crippen molar-refractivity contribution in [3.05, 3.63) is 419 Å². The lowest BCUT2D eigenvalue weighted by Crippen LogP contribution is -1.92. The Labute approximate surface area is 702 Å². The van der Waals surface area contributed by atoms with Gasteiger partial charge < -0.3 is 40.2 Å². The maximum Gasteiger partial charge on any atom is 0.161 e. The molecule has 0 saturated carbocycles. The molecule has 9 heteroatoms. The molecule has 0 aliphatic heterocycles. The molecule has 0 amide bonds. The fourth-order valence-electron chi connectivity index (χ4n) is 19.0. The Balaban J connectivity index is 0.000000101. The Bertz CT molecular complexity index is 8900. The molecule has 576 valence electrons. The number of furan rings is 6. The molecule has 0 saturated heterocycles. The van der Waals surface area contributed by atoms with E-state index in [-0.39, 0.29) is 0 Å². The van der Waals surface area contributed by atoms with Gasteiger partial charge in [-0.15, -0.1) is 0 Å². The minimum absolute atomic E-state index is 0.882. The van der Waals surface area contributed by atoms with Crippen LogP contribution in [-0.4, -0.2) is 13.7 Å². The van der Waals surface area contributed by atoms with Crippen LogP contribution in [-0.2, 0) is 0 Å². The maximum atomic E-state index is 6.78. The van der Waals surface area contributed by atoms with Gasteiger partial charge in [0.1, 0.15) is 66.8 Å². The topological polar surface area (TPSA) is 93.6 Å². The number of hydrogen-bond acceptors (Lipinski definition) is 6. The second kappa shape index (κ2) is 28.0. The predicted molar refractivity (Wildman–Crippen MR) is 506 cm³/mol. The standard InChI is InChI=1S/3C38H23NO2/c1-2-13-26(14-3-1)39-32-20-6-4-15-29(32)38-36(39)31-19-9-18-28(37(31)41-38)25-12-8-11-24(23-25)27-17-10-22-34-35(27)30-16-5-7-21-33(30)40-34;1-2-12-27(13-3-1)39-33-18-6-4-15-31(33)38-36(39)32-21-20-25(23-35(32)41-38)24-10-8-11-26(22-24)28-16-9-17-30-29-14-5-7-19-34(29)40-37(28)30;1-2-11-28(12-3-1)39-33-15-6-4-14-31(33)38-37(39)32-20-18-27(23-36(32)41-38)25-10-8-9-24(21-25)26-17-19-30-29-13-5-7-16-34(29)40-35(30)22-26/h3*1-23H. The number of rotatable bonds is 9. The van der Waals surface area contributed by atoms with Gasteiger partial charge in [-0.05, 0) is 213 Å². The molecule has 27 rings (SSSR count). The van der Waals surface area contributed by atoms with Crippen molar-refractivity contribution in [2.75, 3.05) is 0 Å². The second-order valence-electron chi connectivity index (χ2n) is 31.6. The van der Waals surface area contributed by atoms with Crippen molar-refractivity contribution in [3.63, 3.8) is 0 Å². The van der Waals surface area contributed by atoms with Crippen LogP contribution in [0.1, 0.15) is 0 Å². The van der Waals surface area contributed by atoms with Gasteiger partial charge in [0.2, 0.25) is 0 Å². The third-order valence-electron chi connectivity index (χ3n) is 24.6. The SMILES string of the molecule is c1ccc(-n2c3ccccc3c3oc4c(-c5cccc(-c6cccc7oc8ccccc8c67)c5)cccc4c32)cc1.c1ccc(-n2c3ccccc3c3oc4cc(-c5cccc(-c6ccc7c(c6)oc6ccccc67)c5)ccc4c32)cc1.c1ccc(-n2c3ccccc3c3oc4cc(-c5cccc(-c6cccc7c6oc6ccccc67)c5)ccc4c32)cc1. The minimum Gasteiger partial charge on any atom is -0.456 e. The van der Waals surface area contributed by atoms with Gasteiger partial charge in [-0.25, -0.2) is 0 Å². The monoisotopic (exact) mass is 1580 g/mol. The van der Waals surface area contributed by atoms with Crippen LogP contribution < -0.4 is 0 Å². The van der Waals surface area contributed by atoms with Crippen LogP contribution >= 0.6 is 0 Å². The van der Waals surface area contributed by atoms with Crippen LogP contribution in [0.25, 0.3) is 249 Å². The minimum atomic E-state index is 0.882. The summed E-state index contributed by atoms with van der Waals surface area (Å²) in [5, 5.41) is 13.5. The van der Waals surface area contributed by atoms with E-state index >= 15 is 0 Å². The fourth-order valence-corrected chi connectivity index (χ4v) is 19.0. The predicted octanol–water partition coefficient (Wildman–Crippen LogP) is 32.3. The molecular formula is C114H69N3O6. The van der Waals surface area contributed by atoms with Gasteiger partial charge >= 0.3 is 0 Å². The van der Waals surface area contributed by atoms with Crippen molar-refractivity contribution in [3.8, 4) is 83.8 Å². The van der Waals surface area contributed by atoms with Crippen LogP contribution in [0.5, 0.6) is 0 Å². The van der Waals surface area contributed by atoms with E-state index in [1.165, 1.54) is 0 Å². The lowest BCUT2D eigenvalue weighted by molar-refractivity contribution is 0.668. The van der Waals surface area contributed by atoms with E-state index in [1.807, 2.05) is 42.5 Å². The molecule has 18 aromatic carbocycles. The van der Waals surface area contributed by atoms with Gasteiger partial charge in [-0.1, -0.05) is 261 Å². The smallest absolute Gasteiger partial charge is 0.161 e. The van der Waals surface area contributed by atoms with E-state index in [2.05, 4.69) is 390 Å². The van der Waals surface area contributed by atoms with E-state index in [4.69, 9.17) is 26.5 Å². The zero-order chi connectivity index (χ0) is 80.7. The quantitative estimate of drug-likeness (QED) is 0.143. The Morgan fingerprint density at radius 3 is 0.951 bits per heavy atom. The zero-order valence-corrected chi connectivity index (χ0v) is 66.1. The van der Waals surface area contributed by atoms with Crippen LogP contribution in [0, 0.1) is 0 Å². The van der Waals surface area contributed by atoms with Gasteiger partial charge in [-0.2, -0.15) is 0 Å². The first-order valence-electron chi connectivity index (χ1n) is 41.6. The summed E-state index contributed by atoms with van der Waals surface area (Å²) in [6.07, 6.45) is 0.